The van der Waals surface area contributed by atoms with Gasteiger partial charge in [0.15, 0.2) is 21.5 Å². The molecule has 0 saturated carbocycles. The molecule has 1 aliphatic rings. The van der Waals surface area contributed by atoms with Crippen LogP contribution in [0.1, 0.15) is 10.4 Å². The average Bonchev–Trinajstić information content (AvgIpc) is 2.62. The number of benzene rings is 1. The molecule has 2 rings (SSSR count). The standard InChI is InChI=1S/C11H9F2NO3S/c12-9-3-1-2-8(10(9)13)11(15)14-7-4-5-18(16,17)6-7/h1-5,7H,6H2,(H,14,15). The Morgan fingerprint density at radius 2 is 2.06 bits per heavy atom. The van der Waals surface area contributed by atoms with Gasteiger partial charge in [-0.05, 0) is 18.2 Å². The summed E-state index contributed by atoms with van der Waals surface area (Å²) in [6, 6.07) is 2.51. The molecule has 0 fully saturated rings. The topological polar surface area (TPSA) is 63.2 Å². The molecule has 1 aromatic carbocycles. The van der Waals surface area contributed by atoms with Crippen LogP contribution in [0.15, 0.2) is 29.7 Å². The van der Waals surface area contributed by atoms with Crippen molar-refractivity contribution in [2.75, 3.05) is 5.75 Å². The normalized spacial score (nSPS) is 20.9. The molecular formula is C11H9F2NO3S. The Hall–Kier alpha value is -1.76. The lowest BCUT2D eigenvalue weighted by Gasteiger charge is -2.10. The van der Waals surface area contributed by atoms with Crippen molar-refractivity contribution in [1.29, 1.82) is 0 Å². The summed E-state index contributed by atoms with van der Waals surface area (Å²) in [6.45, 7) is 0. The van der Waals surface area contributed by atoms with Gasteiger partial charge in [0, 0.05) is 5.41 Å². The van der Waals surface area contributed by atoms with Crippen molar-refractivity contribution >= 4 is 15.7 Å². The minimum Gasteiger partial charge on any atom is -0.345 e. The second kappa shape index (κ2) is 4.49. The van der Waals surface area contributed by atoms with Gasteiger partial charge in [0.05, 0.1) is 17.4 Å². The summed E-state index contributed by atoms with van der Waals surface area (Å²) in [5.74, 6) is -3.49. The number of sulfone groups is 1. The van der Waals surface area contributed by atoms with Crippen molar-refractivity contribution in [3.63, 3.8) is 0 Å². The van der Waals surface area contributed by atoms with Crippen molar-refractivity contribution in [3.05, 3.63) is 46.9 Å². The molecule has 4 nitrogen and oxygen atoms in total. The predicted octanol–water partition coefficient (Wildman–Crippen LogP) is 1.01. The molecule has 0 aromatic heterocycles. The van der Waals surface area contributed by atoms with Crippen LogP contribution in [0.2, 0.25) is 0 Å². The van der Waals surface area contributed by atoms with Crippen LogP contribution in [0, 0.1) is 11.6 Å². The lowest BCUT2D eigenvalue weighted by Crippen LogP contribution is -2.36. The second-order valence-electron chi connectivity index (χ2n) is 3.84. The van der Waals surface area contributed by atoms with Gasteiger partial charge < -0.3 is 5.32 Å². The molecule has 1 unspecified atom stereocenters. The van der Waals surface area contributed by atoms with E-state index < -0.39 is 39.0 Å². The van der Waals surface area contributed by atoms with Gasteiger partial charge in [-0.15, -0.1) is 0 Å². The number of halogens is 2. The lowest BCUT2D eigenvalue weighted by molar-refractivity contribution is 0.0942. The van der Waals surface area contributed by atoms with Crippen LogP contribution < -0.4 is 5.32 Å². The molecule has 0 aliphatic carbocycles. The van der Waals surface area contributed by atoms with Crippen LogP contribution in [0.5, 0.6) is 0 Å². The van der Waals surface area contributed by atoms with E-state index in [0.29, 0.717) is 0 Å². The van der Waals surface area contributed by atoms with Crippen LogP contribution in [0.4, 0.5) is 8.78 Å². The number of carbonyl (C=O) groups is 1. The zero-order chi connectivity index (χ0) is 13.3. The Balaban J connectivity index is 2.14. The van der Waals surface area contributed by atoms with E-state index in [0.717, 1.165) is 17.5 Å². The quantitative estimate of drug-likeness (QED) is 0.874. The molecule has 0 spiro atoms. The maximum atomic E-state index is 13.3. The fourth-order valence-corrected chi connectivity index (χ4v) is 2.83. The van der Waals surface area contributed by atoms with Gasteiger partial charge in [0.2, 0.25) is 0 Å². The van der Waals surface area contributed by atoms with Gasteiger partial charge in [-0.3, -0.25) is 4.79 Å². The van der Waals surface area contributed by atoms with Crippen molar-refractivity contribution in [3.8, 4) is 0 Å². The molecule has 1 heterocycles. The highest BCUT2D eigenvalue weighted by Gasteiger charge is 2.24. The van der Waals surface area contributed by atoms with Crippen LogP contribution in [-0.4, -0.2) is 26.1 Å². The molecule has 7 heteroatoms. The number of hydrogen-bond acceptors (Lipinski definition) is 3. The highest BCUT2D eigenvalue weighted by Crippen LogP contribution is 2.13. The third kappa shape index (κ3) is 2.56. The number of carbonyl (C=O) groups excluding carboxylic acids is 1. The number of rotatable bonds is 2. The molecule has 1 amide bonds. The van der Waals surface area contributed by atoms with Crippen LogP contribution >= 0.6 is 0 Å². The van der Waals surface area contributed by atoms with Crippen LogP contribution in [0.3, 0.4) is 0 Å². The first kappa shape index (κ1) is 12.7. The summed E-state index contributed by atoms with van der Waals surface area (Å²) in [6.07, 6.45) is 1.30. The van der Waals surface area contributed by atoms with E-state index in [1.165, 1.54) is 12.1 Å². The SMILES string of the molecule is O=C(NC1C=CS(=O)(=O)C1)c1cccc(F)c1F. The van der Waals surface area contributed by atoms with E-state index in [9.17, 15) is 22.0 Å². The van der Waals surface area contributed by atoms with E-state index in [1.807, 2.05) is 0 Å². The van der Waals surface area contributed by atoms with E-state index in [4.69, 9.17) is 0 Å². The van der Waals surface area contributed by atoms with Crippen molar-refractivity contribution in [2.24, 2.45) is 0 Å². The number of amides is 1. The molecule has 0 saturated heterocycles. The number of nitrogens with one attached hydrogen (secondary N) is 1. The summed E-state index contributed by atoms with van der Waals surface area (Å²) in [4.78, 5) is 11.6. The highest BCUT2D eigenvalue weighted by molar-refractivity contribution is 7.94. The van der Waals surface area contributed by atoms with E-state index >= 15 is 0 Å². The van der Waals surface area contributed by atoms with Crippen molar-refractivity contribution < 1.29 is 22.0 Å². The molecule has 1 atom stereocenters. The zero-order valence-corrected chi connectivity index (χ0v) is 9.88. The van der Waals surface area contributed by atoms with E-state index in [-0.39, 0.29) is 5.75 Å². The molecular weight excluding hydrogens is 264 g/mol. The molecule has 1 N–H and O–H groups in total. The van der Waals surface area contributed by atoms with Gasteiger partial charge in [-0.2, -0.15) is 0 Å². The zero-order valence-electron chi connectivity index (χ0n) is 9.06. The third-order valence-corrected chi connectivity index (χ3v) is 3.84. The fraction of sp³-hybridized carbons (Fsp3) is 0.182. The largest absolute Gasteiger partial charge is 0.345 e. The van der Waals surface area contributed by atoms with Gasteiger partial charge in [-0.1, -0.05) is 6.07 Å². The smallest absolute Gasteiger partial charge is 0.254 e. The Labute approximate surface area is 102 Å². The van der Waals surface area contributed by atoms with Crippen molar-refractivity contribution in [1.82, 2.24) is 5.32 Å². The Kier molecular flexibility index (Phi) is 3.16. The molecule has 18 heavy (non-hydrogen) atoms. The maximum Gasteiger partial charge on any atom is 0.254 e. The summed E-state index contributed by atoms with van der Waals surface area (Å²) < 4.78 is 48.4. The third-order valence-electron chi connectivity index (χ3n) is 2.44. The summed E-state index contributed by atoms with van der Waals surface area (Å²) in [5, 5.41) is 3.29. The van der Waals surface area contributed by atoms with Crippen LogP contribution in [-0.2, 0) is 9.84 Å². The summed E-state index contributed by atoms with van der Waals surface area (Å²) in [7, 11) is -3.30. The molecule has 0 radical (unpaired) electrons. The second-order valence-corrected chi connectivity index (χ2v) is 5.77. The fourth-order valence-electron chi connectivity index (χ4n) is 1.59. The first-order chi connectivity index (χ1) is 8.39. The lowest BCUT2D eigenvalue weighted by atomic mass is 10.2. The Bertz CT molecular complexity index is 625. The van der Waals surface area contributed by atoms with Gasteiger partial charge in [0.25, 0.3) is 5.91 Å². The highest BCUT2D eigenvalue weighted by atomic mass is 32.2. The first-order valence-electron chi connectivity index (χ1n) is 5.05. The van der Waals surface area contributed by atoms with Gasteiger partial charge >= 0.3 is 0 Å². The average molecular weight is 273 g/mol. The molecule has 96 valence electrons. The monoisotopic (exact) mass is 273 g/mol. The first-order valence-corrected chi connectivity index (χ1v) is 6.76. The summed E-state index contributed by atoms with van der Waals surface area (Å²) >= 11 is 0. The van der Waals surface area contributed by atoms with E-state index in [1.54, 1.807) is 0 Å². The van der Waals surface area contributed by atoms with Gasteiger partial charge in [0.1, 0.15) is 0 Å². The van der Waals surface area contributed by atoms with Crippen LogP contribution in [0.25, 0.3) is 0 Å². The van der Waals surface area contributed by atoms with Crippen molar-refractivity contribution in [2.45, 2.75) is 6.04 Å². The Morgan fingerprint density at radius 3 is 2.67 bits per heavy atom. The predicted molar refractivity (Wildman–Crippen MR) is 60.5 cm³/mol. The summed E-state index contributed by atoms with van der Waals surface area (Å²) in [5.41, 5.74) is -0.451. The van der Waals surface area contributed by atoms with E-state index in [2.05, 4.69) is 5.32 Å². The minimum absolute atomic E-state index is 0.268. The Morgan fingerprint density at radius 1 is 1.33 bits per heavy atom. The minimum atomic E-state index is -3.30. The molecule has 1 aromatic rings. The molecule has 0 bridgehead atoms. The number of hydrogen-bond donors (Lipinski definition) is 1. The maximum absolute atomic E-state index is 13.3. The molecule has 1 aliphatic heterocycles. The van der Waals surface area contributed by atoms with Gasteiger partial charge in [-0.25, -0.2) is 17.2 Å².